The molecule has 1 N–H and O–H groups in total. The summed E-state index contributed by atoms with van der Waals surface area (Å²) >= 11 is 0. The van der Waals surface area contributed by atoms with Gasteiger partial charge in [0, 0.05) is 18.7 Å². The Morgan fingerprint density at radius 3 is 2.15 bits per heavy atom. The first-order chi connectivity index (χ1) is 9.17. The second kappa shape index (κ2) is 4.95. The smallest absolute Gasteiger partial charge is 0.243 e. The SMILES string of the molecule is CC(=O)c1ccc(S(=O)(=O)N2CC(O)(C(C)C)C2)cc1. The zero-order valence-corrected chi connectivity index (χ0v) is 12.6. The molecule has 2 rings (SSSR count). The van der Waals surface area contributed by atoms with Crippen molar-refractivity contribution in [3.63, 3.8) is 0 Å². The van der Waals surface area contributed by atoms with Crippen molar-refractivity contribution >= 4 is 15.8 Å². The van der Waals surface area contributed by atoms with Gasteiger partial charge in [-0.1, -0.05) is 26.0 Å². The number of rotatable bonds is 4. The van der Waals surface area contributed by atoms with Gasteiger partial charge < -0.3 is 5.11 Å². The lowest BCUT2D eigenvalue weighted by Crippen LogP contribution is -2.65. The molecule has 0 spiro atoms. The van der Waals surface area contributed by atoms with Crippen molar-refractivity contribution in [3.8, 4) is 0 Å². The molecule has 110 valence electrons. The van der Waals surface area contributed by atoms with Gasteiger partial charge in [-0.25, -0.2) is 8.42 Å². The number of hydrogen-bond donors (Lipinski definition) is 1. The Hall–Kier alpha value is -1.24. The maximum absolute atomic E-state index is 12.3. The van der Waals surface area contributed by atoms with E-state index >= 15 is 0 Å². The van der Waals surface area contributed by atoms with Crippen LogP contribution in [0.5, 0.6) is 0 Å². The van der Waals surface area contributed by atoms with E-state index < -0.39 is 15.6 Å². The molecular formula is C14H19NO4S. The van der Waals surface area contributed by atoms with E-state index in [0.717, 1.165) is 0 Å². The molecule has 1 heterocycles. The van der Waals surface area contributed by atoms with E-state index in [0.29, 0.717) is 5.56 Å². The lowest BCUT2D eigenvalue weighted by atomic mass is 9.85. The van der Waals surface area contributed by atoms with Crippen molar-refractivity contribution in [1.29, 1.82) is 0 Å². The predicted molar refractivity (Wildman–Crippen MR) is 75.0 cm³/mol. The van der Waals surface area contributed by atoms with Gasteiger partial charge >= 0.3 is 0 Å². The van der Waals surface area contributed by atoms with Crippen LogP contribution in [0.3, 0.4) is 0 Å². The van der Waals surface area contributed by atoms with Gasteiger partial charge in [-0.05, 0) is 25.0 Å². The van der Waals surface area contributed by atoms with Crippen LogP contribution in [0.25, 0.3) is 0 Å². The summed E-state index contributed by atoms with van der Waals surface area (Å²) in [6.45, 7) is 5.39. The van der Waals surface area contributed by atoms with E-state index in [9.17, 15) is 18.3 Å². The summed E-state index contributed by atoms with van der Waals surface area (Å²) in [5, 5.41) is 10.1. The summed E-state index contributed by atoms with van der Waals surface area (Å²) in [6, 6.07) is 5.87. The summed E-state index contributed by atoms with van der Waals surface area (Å²) in [6.07, 6.45) is 0. The maximum atomic E-state index is 12.3. The number of sulfonamides is 1. The van der Waals surface area contributed by atoms with Crippen LogP contribution in [-0.2, 0) is 10.0 Å². The van der Waals surface area contributed by atoms with E-state index in [4.69, 9.17) is 0 Å². The minimum atomic E-state index is -3.59. The fraction of sp³-hybridized carbons (Fsp3) is 0.500. The monoisotopic (exact) mass is 297 g/mol. The Morgan fingerprint density at radius 1 is 1.25 bits per heavy atom. The van der Waals surface area contributed by atoms with Crippen LogP contribution in [0.15, 0.2) is 29.2 Å². The highest BCUT2D eigenvalue weighted by molar-refractivity contribution is 7.89. The minimum absolute atomic E-state index is 0.00837. The highest BCUT2D eigenvalue weighted by atomic mass is 32.2. The van der Waals surface area contributed by atoms with E-state index in [-0.39, 0.29) is 29.7 Å². The average Bonchev–Trinajstić information content (AvgIpc) is 2.34. The van der Waals surface area contributed by atoms with Crippen LogP contribution in [0.2, 0.25) is 0 Å². The lowest BCUT2D eigenvalue weighted by Gasteiger charge is -2.47. The average molecular weight is 297 g/mol. The number of β-amino-alcohol motifs (C(OH)–C–C–N with tert-alkyl or cyclic N) is 1. The van der Waals surface area contributed by atoms with Crippen LogP contribution < -0.4 is 0 Å². The maximum Gasteiger partial charge on any atom is 0.243 e. The molecule has 6 heteroatoms. The Morgan fingerprint density at radius 2 is 1.75 bits per heavy atom. The normalized spacial score (nSPS) is 18.9. The van der Waals surface area contributed by atoms with Gasteiger partial charge in [0.05, 0.1) is 10.5 Å². The van der Waals surface area contributed by atoms with E-state index in [1.54, 1.807) is 0 Å². The second-order valence-electron chi connectivity index (χ2n) is 5.61. The lowest BCUT2D eigenvalue weighted by molar-refractivity contribution is -0.0932. The minimum Gasteiger partial charge on any atom is -0.387 e. The Labute approximate surface area is 119 Å². The van der Waals surface area contributed by atoms with Gasteiger partial charge in [-0.15, -0.1) is 0 Å². The summed E-state index contributed by atoms with van der Waals surface area (Å²) in [5.41, 5.74) is -0.460. The van der Waals surface area contributed by atoms with Crippen molar-refractivity contribution in [2.75, 3.05) is 13.1 Å². The van der Waals surface area contributed by atoms with Crippen molar-refractivity contribution in [1.82, 2.24) is 4.31 Å². The van der Waals surface area contributed by atoms with Crippen molar-refractivity contribution < 1.29 is 18.3 Å². The van der Waals surface area contributed by atoms with Crippen LogP contribution in [0, 0.1) is 5.92 Å². The molecule has 0 aliphatic carbocycles. The van der Waals surface area contributed by atoms with E-state index in [1.165, 1.54) is 35.5 Å². The molecule has 0 radical (unpaired) electrons. The molecule has 0 saturated carbocycles. The molecule has 0 amide bonds. The number of nitrogens with zero attached hydrogens (tertiary/aromatic N) is 1. The second-order valence-corrected chi connectivity index (χ2v) is 7.55. The predicted octanol–water partition coefficient (Wildman–Crippen LogP) is 1.28. The third-order valence-electron chi connectivity index (χ3n) is 3.87. The number of benzene rings is 1. The third kappa shape index (κ3) is 2.51. The fourth-order valence-corrected chi connectivity index (χ4v) is 3.68. The van der Waals surface area contributed by atoms with E-state index in [1.807, 2.05) is 13.8 Å². The number of Topliss-reactive ketones (excluding diaryl/α,β-unsaturated/α-hetero) is 1. The molecule has 1 aliphatic heterocycles. The first kappa shape index (κ1) is 15.2. The zero-order chi connectivity index (χ0) is 15.1. The zero-order valence-electron chi connectivity index (χ0n) is 11.8. The fourth-order valence-electron chi connectivity index (χ4n) is 2.11. The molecule has 0 unspecified atom stereocenters. The van der Waals surface area contributed by atoms with E-state index in [2.05, 4.69) is 0 Å². The van der Waals surface area contributed by atoms with Gasteiger partial charge in [-0.3, -0.25) is 4.79 Å². The van der Waals surface area contributed by atoms with Crippen molar-refractivity contribution in [2.24, 2.45) is 5.92 Å². The summed E-state index contributed by atoms with van der Waals surface area (Å²) < 4.78 is 25.9. The summed E-state index contributed by atoms with van der Waals surface area (Å²) in [4.78, 5) is 11.3. The van der Waals surface area contributed by atoms with Gasteiger partial charge in [0.15, 0.2) is 5.78 Å². The number of carbonyl (C=O) groups is 1. The summed E-state index contributed by atoms with van der Waals surface area (Å²) in [7, 11) is -3.59. The number of hydrogen-bond acceptors (Lipinski definition) is 4. The third-order valence-corrected chi connectivity index (χ3v) is 5.68. The molecule has 0 atom stereocenters. The van der Waals surface area contributed by atoms with Crippen LogP contribution in [0.1, 0.15) is 31.1 Å². The number of aliphatic hydroxyl groups is 1. The topological polar surface area (TPSA) is 74.7 Å². The van der Waals surface area contributed by atoms with Crippen molar-refractivity contribution in [2.45, 2.75) is 31.3 Å². The first-order valence-electron chi connectivity index (χ1n) is 6.50. The molecule has 1 saturated heterocycles. The molecule has 1 fully saturated rings. The standard InChI is InChI=1S/C14H19NO4S/c1-10(2)14(17)8-15(9-14)20(18,19)13-6-4-12(5-7-13)11(3)16/h4-7,10,17H,8-9H2,1-3H3. The summed E-state index contributed by atoms with van der Waals surface area (Å²) in [5.74, 6) is -0.0962. The first-order valence-corrected chi connectivity index (χ1v) is 7.94. The molecular weight excluding hydrogens is 278 g/mol. The molecule has 0 bridgehead atoms. The van der Waals surface area contributed by atoms with Crippen molar-refractivity contribution in [3.05, 3.63) is 29.8 Å². The van der Waals surface area contributed by atoms with Gasteiger partial charge in [0.25, 0.3) is 0 Å². The van der Waals surface area contributed by atoms with Crippen LogP contribution in [0.4, 0.5) is 0 Å². The van der Waals surface area contributed by atoms with Gasteiger partial charge in [0.1, 0.15) is 0 Å². The Balaban J connectivity index is 2.19. The molecule has 1 aromatic rings. The number of carbonyl (C=O) groups excluding carboxylic acids is 1. The molecule has 0 aromatic heterocycles. The molecule has 5 nitrogen and oxygen atoms in total. The molecule has 1 aliphatic rings. The van der Waals surface area contributed by atoms with Crippen LogP contribution >= 0.6 is 0 Å². The quantitative estimate of drug-likeness (QED) is 0.850. The van der Waals surface area contributed by atoms with Gasteiger partial charge in [0.2, 0.25) is 10.0 Å². The Kier molecular flexibility index (Phi) is 3.75. The highest BCUT2D eigenvalue weighted by Gasteiger charge is 2.49. The highest BCUT2D eigenvalue weighted by Crippen LogP contribution is 2.33. The Bertz CT molecular complexity index is 613. The van der Waals surface area contributed by atoms with Gasteiger partial charge in [-0.2, -0.15) is 4.31 Å². The van der Waals surface area contributed by atoms with Crippen LogP contribution in [-0.4, -0.2) is 42.3 Å². The molecule has 20 heavy (non-hydrogen) atoms. The molecule has 1 aromatic carbocycles. The largest absolute Gasteiger partial charge is 0.387 e. The number of ketones is 1.